The average Bonchev–Trinajstić information content (AvgIpc) is 2.34. The Bertz CT molecular complexity index is 127. The Kier molecular flexibility index (Phi) is 2.27. The second-order valence-corrected chi connectivity index (χ2v) is 2.70. The van der Waals surface area contributed by atoms with Crippen molar-refractivity contribution >= 4 is 6.41 Å². The van der Waals surface area contributed by atoms with Gasteiger partial charge in [0.25, 0.3) is 0 Å². The number of amides is 1. The third-order valence-electron chi connectivity index (χ3n) is 2.03. The summed E-state index contributed by atoms with van der Waals surface area (Å²) in [6.07, 6.45) is 2.03. The lowest BCUT2D eigenvalue weighted by Gasteiger charge is -2.21. The molecule has 0 radical (unpaired) electrons. The van der Waals surface area contributed by atoms with E-state index in [1.165, 1.54) is 0 Å². The third kappa shape index (κ3) is 1.29. The monoisotopic (exact) mass is 143 g/mol. The fourth-order valence-corrected chi connectivity index (χ4v) is 1.33. The quantitative estimate of drug-likeness (QED) is 0.519. The van der Waals surface area contributed by atoms with Crippen LogP contribution in [-0.4, -0.2) is 37.1 Å². The van der Waals surface area contributed by atoms with Crippen molar-refractivity contribution in [2.45, 2.75) is 25.5 Å². The molecule has 0 N–H and O–H groups in total. The Hall–Kier alpha value is -0.570. The van der Waals surface area contributed by atoms with Gasteiger partial charge >= 0.3 is 0 Å². The summed E-state index contributed by atoms with van der Waals surface area (Å²) in [5, 5.41) is 0. The summed E-state index contributed by atoms with van der Waals surface area (Å²) in [4.78, 5) is 12.0. The van der Waals surface area contributed by atoms with Gasteiger partial charge in [-0.15, -0.1) is 0 Å². The molecule has 1 aliphatic heterocycles. The number of ether oxygens (including phenoxy) is 1. The van der Waals surface area contributed by atoms with Crippen LogP contribution in [0.15, 0.2) is 0 Å². The zero-order valence-corrected chi connectivity index (χ0v) is 6.41. The first-order valence-corrected chi connectivity index (χ1v) is 3.54. The van der Waals surface area contributed by atoms with Crippen LogP contribution in [-0.2, 0) is 9.53 Å². The van der Waals surface area contributed by atoms with Crippen molar-refractivity contribution in [2.75, 3.05) is 13.7 Å². The molecule has 0 spiro atoms. The van der Waals surface area contributed by atoms with Crippen molar-refractivity contribution in [2.24, 2.45) is 0 Å². The molecule has 10 heavy (non-hydrogen) atoms. The van der Waals surface area contributed by atoms with Gasteiger partial charge in [0.15, 0.2) is 0 Å². The van der Waals surface area contributed by atoms with Gasteiger partial charge in [-0.3, -0.25) is 4.79 Å². The first-order chi connectivity index (χ1) is 4.75. The Morgan fingerprint density at radius 3 is 2.80 bits per heavy atom. The van der Waals surface area contributed by atoms with Crippen molar-refractivity contribution < 1.29 is 9.53 Å². The molecule has 0 aliphatic carbocycles. The molecule has 3 nitrogen and oxygen atoms in total. The predicted octanol–water partition coefficient (Wildman–Crippen LogP) is 0.252. The highest BCUT2D eigenvalue weighted by atomic mass is 16.5. The molecule has 1 aliphatic rings. The lowest BCUT2D eigenvalue weighted by molar-refractivity contribution is -0.119. The summed E-state index contributed by atoms with van der Waals surface area (Å²) in [6.45, 7) is 2.78. The molecule has 0 bridgehead atoms. The van der Waals surface area contributed by atoms with Crippen LogP contribution < -0.4 is 0 Å². The summed E-state index contributed by atoms with van der Waals surface area (Å²) in [5.74, 6) is 0. The highest BCUT2D eigenvalue weighted by molar-refractivity contribution is 5.47. The highest BCUT2D eigenvalue weighted by Gasteiger charge is 2.26. The number of carbonyl (C=O) groups excluding carboxylic acids is 1. The number of carbonyl (C=O) groups is 1. The normalized spacial score (nSPS) is 32.2. The van der Waals surface area contributed by atoms with Crippen molar-refractivity contribution in [3.63, 3.8) is 0 Å². The van der Waals surface area contributed by atoms with Crippen LogP contribution in [0.1, 0.15) is 13.3 Å². The number of likely N-dealkylation sites (N-methyl/N-ethyl adjacent to an activating group) is 1. The van der Waals surface area contributed by atoms with Crippen LogP contribution in [0.4, 0.5) is 0 Å². The van der Waals surface area contributed by atoms with Crippen LogP contribution in [0.2, 0.25) is 0 Å². The van der Waals surface area contributed by atoms with E-state index in [9.17, 15) is 4.79 Å². The molecule has 58 valence electrons. The largest absolute Gasteiger partial charge is 0.376 e. The molecule has 1 amide bonds. The van der Waals surface area contributed by atoms with E-state index in [2.05, 4.69) is 0 Å². The fourth-order valence-electron chi connectivity index (χ4n) is 1.33. The van der Waals surface area contributed by atoms with E-state index in [4.69, 9.17) is 4.74 Å². The molecule has 0 aromatic rings. The lowest BCUT2D eigenvalue weighted by atomic mass is 10.1. The van der Waals surface area contributed by atoms with E-state index in [1.807, 2.05) is 6.92 Å². The van der Waals surface area contributed by atoms with E-state index in [0.29, 0.717) is 0 Å². The van der Waals surface area contributed by atoms with E-state index in [0.717, 1.165) is 19.4 Å². The maximum Gasteiger partial charge on any atom is 0.209 e. The van der Waals surface area contributed by atoms with Crippen molar-refractivity contribution in [3.05, 3.63) is 0 Å². The first-order valence-electron chi connectivity index (χ1n) is 3.54. The average molecular weight is 143 g/mol. The number of hydrogen-bond donors (Lipinski definition) is 0. The van der Waals surface area contributed by atoms with Crippen LogP contribution in [0.25, 0.3) is 0 Å². The van der Waals surface area contributed by atoms with Crippen molar-refractivity contribution in [1.29, 1.82) is 0 Å². The summed E-state index contributed by atoms with van der Waals surface area (Å²) in [6, 6.07) is 0.289. The van der Waals surface area contributed by atoms with Crippen LogP contribution in [0, 0.1) is 0 Å². The van der Waals surface area contributed by atoms with Gasteiger partial charge in [0.05, 0.1) is 12.1 Å². The van der Waals surface area contributed by atoms with Gasteiger partial charge in [-0.25, -0.2) is 0 Å². The van der Waals surface area contributed by atoms with Crippen molar-refractivity contribution in [3.8, 4) is 0 Å². The Morgan fingerprint density at radius 1 is 1.70 bits per heavy atom. The van der Waals surface area contributed by atoms with Gasteiger partial charge in [-0.2, -0.15) is 0 Å². The number of hydrogen-bond acceptors (Lipinski definition) is 2. The van der Waals surface area contributed by atoms with E-state index in [-0.39, 0.29) is 12.1 Å². The first kappa shape index (κ1) is 7.54. The van der Waals surface area contributed by atoms with Gasteiger partial charge in [-0.05, 0) is 13.3 Å². The zero-order chi connectivity index (χ0) is 7.56. The molecule has 1 fully saturated rings. The van der Waals surface area contributed by atoms with Gasteiger partial charge in [0, 0.05) is 13.7 Å². The van der Waals surface area contributed by atoms with E-state index >= 15 is 0 Å². The predicted molar refractivity (Wildman–Crippen MR) is 37.6 cm³/mol. The standard InChI is InChI=1S/C7H13NO2/c1-6-7(3-4-10-6)8(2)5-9/h5-7H,3-4H2,1-2H3. The van der Waals surface area contributed by atoms with Gasteiger partial charge < -0.3 is 9.64 Å². The molecule has 1 heterocycles. The molecule has 2 atom stereocenters. The third-order valence-corrected chi connectivity index (χ3v) is 2.03. The smallest absolute Gasteiger partial charge is 0.209 e. The Morgan fingerprint density at radius 2 is 2.40 bits per heavy atom. The lowest BCUT2D eigenvalue weighted by Crippen LogP contribution is -2.35. The number of rotatable bonds is 2. The Labute approximate surface area is 61.0 Å². The number of nitrogens with zero attached hydrogens (tertiary/aromatic N) is 1. The molecule has 0 saturated carbocycles. The summed E-state index contributed by atoms with van der Waals surface area (Å²) < 4.78 is 5.29. The molecule has 2 unspecified atom stereocenters. The summed E-state index contributed by atoms with van der Waals surface area (Å²) >= 11 is 0. The van der Waals surface area contributed by atoms with Crippen LogP contribution in [0.3, 0.4) is 0 Å². The SMILES string of the molecule is CC1OCCC1N(C)C=O. The van der Waals surface area contributed by atoms with Crippen molar-refractivity contribution in [1.82, 2.24) is 4.90 Å². The van der Waals surface area contributed by atoms with E-state index in [1.54, 1.807) is 11.9 Å². The molecule has 3 heteroatoms. The second-order valence-electron chi connectivity index (χ2n) is 2.70. The molecule has 1 rings (SSSR count). The summed E-state index contributed by atoms with van der Waals surface area (Å²) in [5.41, 5.74) is 0. The Balaban J connectivity index is 2.46. The van der Waals surface area contributed by atoms with Gasteiger partial charge in [0.1, 0.15) is 0 Å². The van der Waals surface area contributed by atoms with E-state index < -0.39 is 0 Å². The second kappa shape index (κ2) is 3.01. The molecular weight excluding hydrogens is 130 g/mol. The van der Waals surface area contributed by atoms with Crippen LogP contribution >= 0.6 is 0 Å². The molecule has 0 aromatic heterocycles. The summed E-state index contributed by atoms with van der Waals surface area (Å²) in [7, 11) is 1.79. The van der Waals surface area contributed by atoms with Gasteiger partial charge in [0.2, 0.25) is 6.41 Å². The minimum atomic E-state index is 0.204. The maximum atomic E-state index is 10.3. The minimum absolute atomic E-state index is 0.204. The fraction of sp³-hybridized carbons (Fsp3) is 0.857. The topological polar surface area (TPSA) is 29.5 Å². The highest BCUT2D eigenvalue weighted by Crippen LogP contribution is 2.16. The zero-order valence-electron chi connectivity index (χ0n) is 6.41. The maximum absolute atomic E-state index is 10.3. The molecule has 0 aromatic carbocycles. The van der Waals surface area contributed by atoms with Crippen LogP contribution in [0.5, 0.6) is 0 Å². The minimum Gasteiger partial charge on any atom is -0.376 e. The molecule has 1 saturated heterocycles. The molecular formula is C7H13NO2. The van der Waals surface area contributed by atoms with Gasteiger partial charge in [-0.1, -0.05) is 0 Å².